The number of anilines is 1. The quantitative estimate of drug-likeness (QED) is 0.655. The van der Waals surface area contributed by atoms with Crippen molar-refractivity contribution in [1.29, 1.82) is 0 Å². The molecule has 2 heterocycles. The number of methoxy groups -OCH3 is 1. The number of nitrogens with two attached hydrogens (primary N) is 1. The molecule has 7 nitrogen and oxygen atoms in total. The molecule has 2 aromatic rings. The number of aromatic nitrogens is 1. The number of amides is 2. The van der Waals surface area contributed by atoms with Gasteiger partial charge in [0.1, 0.15) is 5.69 Å². The molecule has 1 aliphatic heterocycles. The van der Waals surface area contributed by atoms with Crippen LogP contribution in [0.3, 0.4) is 0 Å². The Kier molecular flexibility index (Phi) is 7.64. The first-order valence-electron chi connectivity index (χ1n) is 10.6. The summed E-state index contributed by atoms with van der Waals surface area (Å²) >= 11 is 6.21. The average molecular weight is 479 g/mol. The Morgan fingerprint density at radius 1 is 1.25 bits per heavy atom. The van der Waals surface area contributed by atoms with Gasteiger partial charge in [0.05, 0.1) is 19.0 Å². The molecule has 1 saturated carbocycles. The number of carbonyl (C=O) groups is 2. The third-order valence-corrected chi connectivity index (χ3v) is 6.91. The minimum absolute atomic E-state index is 0. The third kappa shape index (κ3) is 4.56. The molecule has 0 unspecified atom stereocenters. The summed E-state index contributed by atoms with van der Waals surface area (Å²) in [6, 6.07) is 11.5. The number of hydrogen-bond acceptors (Lipinski definition) is 5. The molecule has 1 saturated heterocycles. The van der Waals surface area contributed by atoms with Crippen molar-refractivity contribution >= 4 is 41.7 Å². The van der Waals surface area contributed by atoms with Crippen LogP contribution in [0.2, 0.25) is 5.02 Å². The van der Waals surface area contributed by atoms with E-state index in [1.54, 1.807) is 23.2 Å². The van der Waals surface area contributed by atoms with Gasteiger partial charge in [0, 0.05) is 36.1 Å². The predicted octanol–water partition coefficient (Wildman–Crippen LogP) is 4.02. The number of halogens is 2. The van der Waals surface area contributed by atoms with Crippen LogP contribution in [0.25, 0.3) is 0 Å². The minimum Gasteiger partial charge on any atom is -0.464 e. The molecule has 1 aromatic carbocycles. The van der Waals surface area contributed by atoms with E-state index in [2.05, 4.69) is 15.8 Å². The number of pyridine rings is 1. The summed E-state index contributed by atoms with van der Waals surface area (Å²) in [4.78, 5) is 32.5. The highest BCUT2D eigenvalue weighted by atomic mass is 35.5. The van der Waals surface area contributed by atoms with Crippen LogP contribution in [0.4, 0.5) is 10.5 Å². The first kappa shape index (κ1) is 24.3. The molecule has 32 heavy (non-hydrogen) atoms. The summed E-state index contributed by atoms with van der Waals surface area (Å²) < 4.78 is 4.68. The zero-order valence-electron chi connectivity index (χ0n) is 18.0. The van der Waals surface area contributed by atoms with Crippen molar-refractivity contribution in [2.24, 2.45) is 5.73 Å². The fourth-order valence-electron chi connectivity index (χ4n) is 4.80. The average Bonchev–Trinajstić information content (AvgIpc) is 3.20. The minimum atomic E-state index is -0.494. The molecule has 0 radical (unpaired) electrons. The molecular weight excluding hydrogens is 451 g/mol. The fraction of sp³-hybridized carbons (Fsp3) is 0.435. The van der Waals surface area contributed by atoms with Crippen LogP contribution in [-0.4, -0.2) is 54.7 Å². The number of esters is 1. The first-order chi connectivity index (χ1) is 15.0. The van der Waals surface area contributed by atoms with E-state index < -0.39 is 5.97 Å². The molecule has 172 valence electrons. The number of benzene rings is 1. The molecule has 2 fully saturated rings. The van der Waals surface area contributed by atoms with Crippen molar-refractivity contribution < 1.29 is 14.3 Å². The van der Waals surface area contributed by atoms with Crippen LogP contribution >= 0.6 is 24.0 Å². The van der Waals surface area contributed by atoms with Gasteiger partial charge in [-0.05, 0) is 55.5 Å². The smallest absolute Gasteiger partial charge is 0.356 e. The third-order valence-electron chi connectivity index (χ3n) is 6.68. The molecule has 4 rings (SSSR count). The van der Waals surface area contributed by atoms with Gasteiger partial charge in [-0.25, -0.2) is 14.6 Å². The van der Waals surface area contributed by atoms with Gasteiger partial charge in [0.25, 0.3) is 0 Å². The van der Waals surface area contributed by atoms with Gasteiger partial charge in [0.15, 0.2) is 0 Å². The van der Waals surface area contributed by atoms with Crippen LogP contribution in [0.5, 0.6) is 0 Å². The second-order valence-electron chi connectivity index (χ2n) is 8.25. The predicted molar refractivity (Wildman–Crippen MR) is 127 cm³/mol. The summed E-state index contributed by atoms with van der Waals surface area (Å²) in [5.74, 6) is -0.494. The summed E-state index contributed by atoms with van der Waals surface area (Å²) in [7, 11) is 1.32. The Morgan fingerprint density at radius 2 is 2.00 bits per heavy atom. The Bertz CT molecular complexity index is 962. The van der Waals surface area contributed by atoms with Gasteiger partial charge >= 0.3 is 12.0 Å². The van der Waals surface area contributed by atoms with Gasteiger partial charge in [-0.2, -0.15) is 0 Å². The summed E-state index contributed by atoms with van der Waals surface area (Å²) in [5.41, 5.74) is 8.23. The van der Waals surface area contributed by atoms with E-state index in [0.717, 1.165) is 30.7 Å². The standard InChI is InChI=1S/C23H27ClN4O3.ClH/c1-31-21(29)20-6-5-19(14-26-20)28-12-11-27(22(28)30)18-7-9-23(15-25,10-8-18)16-3-2-4-17(24)13-16;/h2-6,13-14,18H,7-12,15,25H2,1H3;1H. The lowest BCUT2D eigenvalue weighted by atomic mass is 9.68. The molecular formula is C23H28Cl2N4O3. The Labute approximate surface area is 199 Å². The number of carbonyl (C=O) groups excluding carboxylic acids is 2. The van der Waals surface area contributed by atoms with Gasteiger partial charge in [0.2, 0.25) is 0 Å². The number of nitrogens with zero attached hydrogens (tertiary/aromatic N) is 3. The van der Waals surface area contributed by atoms with E-state index in [1.165, 1.54) is 12.7 Å². The van der Waals surface area contributed by atoms with Gasteiger partial charge in [-0.3, -0.25) is 4.90 Å². The second-order valence-corrected chi connectivity index (χ2v) is 8.68. The maximum atomic E-state index is 13.1. The molecule has 0 spiro atoms. The second kappa shape index (κ2) is 10.1. The maximum Gasteiger partial charge on any atom is 0.356 e. The topological polar surface area (TPSA) is 88.8 Å². The number of ether oxygens (including phenoxy) is 1. The largest absolute Gasteiger partial charge is 0.464 e. The van der Waals surface area contributed by atoms with Crippen LogP contribution in [-0.2, 0) is 10.2 Å². The molecule has 2 amide bonds. The van der Waals surface area contributed by atoms with Crippen LogP contribution < -0.4 is 10.6 Å². The van der Waals surface area contributed by atoms with Gasteiger partial charge in [-0.1, -0.05) is 23.7 Å². The maximum absolute atomic E-state index is 13.1. The van der Waals surface area contributed by atoms with E-state index in [4.69, 9.17) is 17.3 Å². The zero-order valence-corrected chi connectivity index (χ0v) is 19.6. The normalized spacial score (nSPS) is 23.1. The zero-order chi connectivity index (χ0) is 22.0. The summed E-state index contributed by atoms with van der Waals surface area (Å²) in [6.45, 7) is 1.85. The van der Waals surface area contributed by atoms with Crippen molar-refractivity contribution in [1.82, 2.24) is 9.88 Å². The van der Waals surface area contributed by atoms with E-state index in [0.29, 0.717) is 25.3 Å². The fourth-order valence-corrected chi connectivity index (χ4v) is 4.99. The van der Waals surface area contributed by atoms with Crippen molar-refractivity contribution in [2.75, 3.05) is 31.6 Å². The molecule has 1 aromatic heterocycles. The van der Waals surface area contributed by atoms with E-state index in [-0.39, 0.29) is 35.6 Å². The highest BCUT2D eigenvalue weighted by Gasteiger charge is 2.41. The van der Waals surface area contributed by atoms with Crippen molar-refractivity contribution in [2.45, 2.75) is 37.1 Å². The lowest BCUT2D eigenvalue weighted by Gasteiger charge is -2.42. The monoisotopic (exact) mass is 478 g/mol. The van der Waals surface area contributed by atoms with Crippen molar-refractivity contribution in [3.8, 4) is 0 Å². The Balaban J connectivity index is 0.00000289. The van der Waals surface area contributed by atoms with E-state index >= 15 is 0 Å². The van der Waals surface area contributed by atoms with E-state index in [1.807, 2.05) is 23.1 Å². The summed E-state index contributed by atoms with van der Waals surface area (Å²) in [5, 5.41) is 0.727. The molecule has 0 bridgehead atoms. The van der Waals surface area contributed by atoms with Crippen LogP contribution in [0, 0.1) is 0 Å². The van der Waals surface area contributed by atoms with Crippen molar-refractivity contribution in [3.05, 3.63) is 58.9 Å². The number of hydrogen-bond donors (Lipinski definition) is 1. The van der Waals surface area contributed by atoms with Gasteiger partial charge in [-0.15, -0.1) is 12.4 Å². The van der Waals surface area contributed by atoms with Gasteiger partial charge < -0.3 is 15.4 Å². The lowest BCUT2D eigenvalue weighted by Crippen LogP contribution is -2.46. The summed E-state index contributed by atoms with van der Waals surface area (Å²) in [6.07, 6.45) is 5.21. The molecule has 9 heteroatoms. The SMILES string of the molecule is COC(=O)c1ccc(N2CCN(C3CCC(CN)(c4cccc(Cl)c4)CC3)C2=O)cn1.Cl. The van der Waals surface area contributed by atoms with E-state index in [9.17, 15) is 9.59 Å². The van der Waals surface area contributed by atoms with Crippen LogP contribution in [0.1, 0.15) is 41.7 Å². The molecule has 0 atom stereocenters. The Morgan fingerprint density at radius 3 is 2.59 bits per heavy atom. The molecule has 2 N–H and O–H groups in total. The van der Waals surface area contributed by atoms with Crippen LogP contribution in [0.15, 0.2) is 42.6 Å². The lowest BCUT2D eigenvalue weighted by molar-refractivity contribution is 0.0594. The highest BCUT2D eigenvalue weighted by molar-refractivity contribution is 6.30. The number of urea groups is 1. The first-order valence-corrected chi connectivity index (χ1v) is 10.9. The number of rotatable bonds is 5. The highest BCUT2D eigenvalue weighted by Crippen LogP contribution is 2.41. The van der Waals surface area contributed by atoms with Crippen molar-refractivity contribution in [3.63, 3.8) is 0 Å². The Hall–Kier alpha value is -2.35. The molecule has 1 aliphatic carbocycles. The molecule has 2 aliphatic rings.